The molecular weight excluding hydrogens is 178 g/mol. The Morgan fingerprint density at radius 2 is 2.00 bits per heavy atom. The molecule has 0 rings (SSSR count). The van der Waals surface area contributed by atoms with Gasteiger partial charge in [-0.2, -0.15) is 0 Å². The van der Waals surface area contributed by atoms with E-state index in [4.69, 9.17) is 5.73 Å². The number of carbonyl (C=O) groups is 1. The number of nitrogens with one attached hydrogen (secondary N) is 2. The second-order valence-corrected chi connectivity index (χ2v) is 4.63. The molecule has 1 atom stereocenters. The summed E-state index contributed by atoms with van der Waals surface area (Å²) < 4.78 is 0. The van der Waals surface area contributed by atoms with Crippen LogP contribution in [-0.4, -0.2) is 24.2 Å². The van der Waals surface area contributed by atoms with E-state index < -0.39 is 0 Å². The van der Waals surface area contributed by atoms with E-state index in [2.05, 4.69) is 17.6 Å². The average Bonchev–Trinajstić information content (AvgIpc) is 1.98. The molecule has 0 radical (unpaired) electrons. The highest BCUT2D eigenvalue weighted by Gasteiger charge is 2.13. The number of urea groups is 1. The average molecular weight is 201 g/mol. The predicted molar refractivity (Wildman–Crippen MR) is 59.2 cm³/mol. The molecule has 0 aromatic carbocycles. The lowest BCUT2D eigenvalue weighted by atomic mass is 10.1. The zero-order valence-corrected chi connectivity index (χ0v) is 9.68. The Kier molecular flexibility index (Phi) is 5.53. The Labute approximate surface area is 86.6 Å². The van der Waals surface area contributed by atoms with Crippen LogP contribution in [0.4, 0.5) is 4.79 Å². The molecule has 0 aromatic heterocycles. The summed E-state index contributed by atoms with van der Waals surface area (Å²) in [5.74, 6) is 0. The van der Waals surface area contributed by atoms with Gasteiger partial charge in [-0.3, -0.25) is 0 Å². The Morgan fingerprint density at radius 3 is 2.43 bits per heavy atom. The first-order chi connectivity index (χ1) is 6.35. The summed E-state index contributed by atoms with van der Waals surface area (Å²) in [4.78, 5) is 11.3. The largest absolute Gasteiger partial charge is 0.337 e. The first-order valence-electron chi connectivity index (χ1n) is 5.16. The molecule has 0 aromatic rings. The Bertz CT molecular complexity index is 175. The Balaban J connectivity index is 3.64. The van der Waals surface area contributed by atoms with Crippen molar-refractivity contribution < 1.29 is 4.79 Å². The third-order valence-electron chi connectivity index (χ3n) is 1.67. The van der Waals surface area contributed by atoms with Crippen molar-refractivity contribution in [3.63, 3.8) is 0 Å². The monoisotopic (exact) mass is 201 g/mol. The SMILES string of the molecule is CCCC(N)CNC(=O)NC(C)(C)C. The van der Waals surface area contributed by atoms with Gasteiger partial charge in [0.1, 0.15) is 0 Å². The predicted octanol–water partition coefficient (Wildman–Crippen LogP) is 1.21. The van der Waals surface area contributed by atoms with Crippen LogP contribution < -0.4 is 16.4 Å². The fourth-order valence-electron chi connectivity index (χ4n) is 1.08. The van der Waals surface area contributed by atoms with Gasteiger partial charge in [-0.1, -0.05) is 13.3 Å². The van der Waals surface area contributed by atoms with Crippen LogP contribution in [0.25, 0.3) is 0 Å². The molecule has 14 heavy (non-hydrogen) atoms. The summed E-state index contributed by atoms with van der Waals surface area (Å²) in [5, 5.41) is 5.56. The number of amides is 2. The first kappa shape index (κ1) is 13.2. The normalized spacial score (nSPS) is 13.5. The standard InChI is InChI=1S/C10H23N3O/c1-5-6-8(11)7-12-9(14)13-10(2,3)4/h8H,5-7,11H2,1-4H3,(H2,12,13,14). The fraction of sp³-hybridized carbons (Fsp3) is 0.900. The third kappa shape index (κ3) is 7.86. The summed E-state index contributed by atoms with van der Waals surface area (Å²) in [6.45, 7) is 8.44. The third-order valence-corrected chi connectivity index (χ3v) is 1.67. The summed E-state index contributed by atoms with van der Waals surface area (Å²) >= 11 is 0. The van der Waals surface area contributed by atoms with Gasteiger partial charge in [0.25, 0.3) is 0 Å². The number of hydrogen-bond acceptors (Lipinski definition) is 2. The Morgan fingerprint density at radius 1 is 1.43 bits per heavy atom. The highest BCUT2D eigenvalue weighted by atomic mass is 16.2. The van der Waals surface area contributed by atoms with Gasteiger partial charge in [0.2, 0.25) is 0 Å². The lowest BCUT2D eigenvalue weighted by Gasteiger charge is -2.21. The summed E-state index contributed by atoms with van der Waals surface area (Å²) in [7, 11) is 0. The van der Waals surface area contributed by atoms with E-state index in [9.17, 15) is 4.79 Å². The minimum atomic E-state index is -0.196. The van der Waals surface area contributed by atoms with Crippen LogP contribution in [-0.2, 0) is 0 Å². The fourth-order valence-corrected chi connectivity index (χ4v) is 1.08. The maximum absolute atomic E-state index is 11.3. The molecule has 0 saturated carbocycles. The number of carbonyl (C=O) groups excluding carboxylic acids is 1. The van der Waals surface area contributed by atoms with Crippen molar-refractivity contribution in [2.45, 2.75) is 52.1 Å². The van der Waals surface area contributed by atoms with Crippen LogP contribution in [0.15, 0.2) is 0 Å². The van der Waals surface area contributed by atoms with E-state index in [1.807, 2.05) is 20.8 Å². The molecule has 0 fully saturated rings. The van der Waals surface area contributed by atoms with E-state index in [0.717, 1.165) is 12.8 Å². The summed E-state index contributed by atoms with van der Waals surface area (Å²) in [6.07, 6.45) is 1.99. The van der Waals surface area contributed by atoms with Crippen molar-refractivity contribution in [1.29, 1.82) is 0 Å². The molecule has 0 aliphatic rings. The smallest absolute Gasteiger partial charge is 0.315 e. The van der Waals surface area contributed by atoms with Gasteiger partial charge in [-0.25, -0.2) is 4.79 Å². The minimum absolute atomic E-state index is 0.0609. The van der Waals surface area contributed by atoms with Gasteiger partial charge >= 0.3 is 6.03 Å². The zero-order valence-electron chi connectivity index (χ0n) is 9.68. The molecule has 0 saturated heterocycles. The van der Waals surface area contributed by atoms with Crippen LogP contribution in [0.2, 0.25) is 0 Å². The van der Waals surface area contributed by atoms with E-state index in [1.165, 1.54) is 0 Å². The van der Waals surface area contributed by atoms with Crippen molar-refractivity contribution in [3.05, 3.63) is 0 Å². The van der Waals surface area contributed by atoms with Gasteiger partial charge in [-0.15, -0.1) is 0 Å². The maximum Gasteiger partial charge on any atom is 0.315 e. The number of nitrogens with two attached hydrogens (primary N) is 1. The molecule has 0 bridgehead atoms. The molecule has 4 nitrogen and oxygen atoms in total. The molecule has 0 aliphatic carbocycles. The van der Waals surface area contributed by atoms with E-state index in [1.54, 1.807) is 0 Å². The van der Waals surface area contributed by atoms with E-state index in [-0.39, 0.29) is 17.6 Å². The van der Waals surface area contributed by atoms with Crippen molar-refractivity contribution in [2.24, 2.45) is 5.73 Å². The minimum Gasteiger partial charge on any atom is -0.337 e. The lowest BCUT2D eigenvalue weighted by Crippen LogP contribution is -2.49. The molecule has 0 heterocycles. The van der Waals surface area contributed by atoms with Gasteiger partial charge < -0.3 is 16.4 Å². The van der Waals surface area contributed by atoms with Gasteiger partial charge in [0.15, 0.2) is 0 Å². The van der Waals surface area contributed by atoms with Crippen LogP contribution >= 0.6 is 0 Å². The Hall–Kier alpha value is -0.770. The molecule has 0 spiro atoms. The second-order valence-electron chi connectivity index (χ2n) is 4.63. The van der Waals surface area contributed by atoms with E-state index in [0.29, 0.717) is 6.54 Å². The van der Waals surface area contributed by atoms with Crippen molar-refractivity contribution in [1.82, 2.24) is 10.6 Å². The maximum atomic E-state index is 11.3. The number of hydrogen-bond donors (Lipinski definition) is 3. The molecule has 1 unspecified atom stereocenters. The van der Waals surface area contributed by atoms with Gasteiger partial charge in [-0.05, 0) is 27.2 Å². The highest BCUT2D eigenvalue weighted by molar-refractivity contribution is 5.74. The van der Waals surface area contributed by atoms with Crippen LogP contribution in [0.5, 0.6) is 0 Å². The number of rotatable bonds is 4. The second kappa shape index (κ2) is 5.86. The molecule has 84 valence electrons. The quantitative estimate of drug-likeness (QED) is 0.640. The van der Waals surface area contributed by atoms with Crippen molar-refractivity contribution in [3.8, 4) is 0 Å². The van der Waals surface area contributed by atoms with E-state index >= 15 is 0 Å². The van der Waals surface area contributed by atoms with Crippen LogP contribution in [0.1, 0.15) is 40.5 Å². The summed E-state index contributed by atoms with van der Waals surface area (Å²) in [5.41, 5.74) is 5.56. The molecule has 2 amide bonds. The van der Waals surface area contributed by atoms with Crippen LogP contribution in [0, 0.1) is 0 Å². The molecule has 4 N–H and O–H groups in total. The lowest BCUT2D eigenvalue weighted by molar-refractivity contribution is 0.231. The first-order valence-corrected chi connectivity index (χ1v) is 5.16. The molecular formula is C10H23N3O. The summed E-state index contributed by atoms with van der Waals surface area (Å²) in [6, 6.07) is -0.0882. The molecule has 4 heteroatoms. The van der Waals surface area contributed by atoms with Gasteiger partial charge in [0.05, 0.1) is 0 Å². The topological polar surface area (TPSA) is 67.1 Å². The van der Waals surface area contributed by atoms with Gasteiger partial charge in [0, 0.05) is 18.1 Å². The highest BCUT2D eigenvalue weighted by Crippen LogP contribution is 1.97. The van der Waals surface area contributed by atoms with Crippen molar-refractivity contribution in [2.75, 3.05) is 6.54 Å². The zero-order chi connectivity index (χ0) is 11.2. The molecule has 0 aliphatic heterocycles. The van der Waals surface area contributed by atoms with Crippen molar-refractivity contribution >= 4 is 6.03 Å². The van der Waals surface area contributed by atoms with Crippen LogP contribution in [0.3, 0.4) is 0 Å².